The Morgan fingerprint density at radius 1 is 1.58 bits per heavy atom. The molecule has 0 aliphatic carbocycles. The summed E-state index contributed by atoms with van der Waals surface area (Å²) in [5.41, 5.74) is 0. The third kappa shape index (κ3) is 5.57. The standard InChI is InChI=1S/C13H25N3O3/c1-10(13(18)14-7-4-8-19-3)15-11-5-6-12(17)16(2)9-11/h10-11,15H,4-9H2,1-3H3,(H,14,18). The molecule has 1 aliphatic heterocycles. The Balaban J connectivity index is 2.24. The molecule has 0 spiro atoms. The molecule has 0 bridgehead atoms. The second-order valence-electron chi connectivity index (χ2n) is 5.04. The van der Waals surface area contributed by atoms with Crippen molar-refractivity contribution in [1.82, 2.24) is 15.5 Å². The van der Waals surface area contributed by atoms with Gasteiger partial charge in [-0.3, -0.25) is 9.59 Å². The molecule has 1 fully saturated rings. The summed E-state index contributed by atoms with van der Waals surface area (Å²) in [6.45, 7) is 3.79. The number of amides is 2. The zero-order valence-electron chi connectivity index (χ0n) is 12.1. The lowest BCUT2D eigenvalue weighted by Crippen LogP contribution is -2.53. The van der Waals surface area contributed by atoms with E-state index >= 15 is 0 Å². The lowest BCUT2D eigenvalue weighted by molar-refractivity contribution is -0.132. The highest BCUT2D eigenvalue weighted by atomic mass is 16.5. The number of carbonyl (C=O) groups is 2. The highest BCUT2D eigenvalue weighted by molar-refractivity contribution is 5.81. The summed E-state index contributed by atoms with van der Waals surface area (Å²) >= 11 is 0. The number of nitrogens with one attached hydrogen (secondary N) is 2. The number of hydrogen-bond acceptors (Lipinski definition) is 4. The first-order valence-electron chi connectivity index (χ1n) is 6.81. The first-order valence-corrected chi connectivity index (χ1v) is 6.81. The number of piperidine rings is 1. The second kappa shape index (κ2) is 8.12. The van der Waals surface area contributed by atoms with Gasteiger partial charge in [-0.05, 0) is 19.8 Å². The number of carbonyl (C=O) groups excluding carboxylic acids is 2. The number of rotatable bonds is 7. The van der Waals surface area contributed by atoms with Crippen molar-refractivity contribution < 1.29 is 14.3 Å². The number of nitrogens with zero attached hydrogens (tertiary/aromatic N) is 1. The summed E-state index contributed by atoms with van der Waals surface area (Å²) in [6.07, 6.45) is 2.16. The van der Waals surface area contributed by atoms with Crippen molar-refractivity contribution in [2.75, 3.05) is 33.9 Å². The van der Waals surface area contributed by atoms with E-state index < -0.39 is 0 Å². The van der Waals surface area contributed by atoms with Gasteiger partial charge in [0.25, 0.3) is 0 Å². The van der Waals surface area contributed by atoms with E-state index in [2.05, 4.69) is 10.6 Å². The molecule has 2 N–H and O–H groups in total. The number of likely N-dealkylation sites (N-methyl/N-ethyl adjacent to an activating group) is 1. The van der Waals surface area contributed by atoms with Gasteiger partial charge in [-0.25, -0.2) is 0 Å². The van der Waals surface area contributed by atoms with Gasteiger partial charge in [-0.15, -0.1) is 0 Å². The zero-order valence-corrected chi connectivity index (χ0v) is 12.1. The largest absolute Gasteiger partial charge is 0.385 e. The third-order valence-electron chi connectivity index (χ3n) is 3.33. The van der Waals surface area contributed by atoms with Crippen molar-refractivity contribution in [1.29, 1.82) is 0 Å². The number of ether oxygens (including phenoxy) is 1. The normalized spacial score (nSPS) is 21.3. The molecule has 2 amide bonds. The Hall–Kier alpha value is -1.14. The zero-order chi connectivity index (χ0) is 14.3. The Morgan fingerprint density at radius 3 is 2.95 bits per heavy atom. The predicted molar refractivity (Wildman–Crippen MR) is 72.8 cm³/mol. The SMILES string of the molecule is COCCCNC(=O)C(C)NC1CCC(=O)N(C)C1. The molecule has 110 valence electrons. The molecule has 1 saturated heterocycles. The maximum atomic E-state index is 11.8. The third-order valence-corrected chi connectivity index (χ3v) is 3.33. The minimum Gasteiger partial charge on any atom is -0.385 e. The van der Waals surface area contributed by atoms with E-state index in [1.165, 1.54) is 0 Å². The molecule has 2 atom stereocenters. The molecule has 6 heteroatoms. The highest BCUT2D eigenvalue weighted by Gasteiger charge is 2.25. The van der Waals surface area contributed by atoms with E-state index in [0.717, 1.165) is 12.8 Å². The Kier molecular flexibility index (Phi) is 6.80. The van der Waals surface area contributed by atoms with Gasteiger partial charge in [-0.2, -0.15) is 0 Å². The minimum absolute atomic E-state index is 0.00402. The van der Waals surface area contributed by atoms with Crippen molar-refractivity contribution in [3.05, 3.63) is 0 Å². The van der Waals surface area contributed by atoms with Crippen LogP contribution in [-0.2, 0) is 14.3 Å². The van der Waals surface area contributed by atoms with Crippen LogP contribution < -0.4 is 10.6 Å². The van der Waals surface area contributed by atoms with Gasteiger partial charge in [0.15, 0.2) is 0 Å². The summed E-state index contributed by atoms with van der Waals surface area (Å²) < 4.78 is 4.92. The second-order valence-corrected chi connectivity index (χ2v) is 5.04. The van der Waals surface area contributed by atoms with Gasteiger partial charge in [0, 0.05) is 46.3 Å². The summed E-state index contributed by atoms with van der Waals surface area (Å²) in [5.74, 6) is 0.172. The monoisotopic (exact) mass is 271 g/mol. The van der Waals surface area contributed by atoms with Gasteiger partial charge in [-0.1, -0.05) is 0 Å². The van der Waals surface area contributed by atoms with E-state index in [0.29, 0.717) is 26.1 Å². The van der Waals surface area contributed by atoms with Gasteiger partial charge in [0.2, 0.25) is 11.8 Å². The van der Waals surface area contributed by atoms with Crippen molar-refractivity contribution in [2.24, 2.45) is 0 Å². The molecule has 0 aromatic rings. The lowest BCUT2D eigenvalue weighted by Gasteiger charge is -2.31. The van der Waals surface area contributed by atoms with Crippen molar-refractivity contribution >= 4 is 11.8 Å². The van der Waals surface area contributed by atoms with Crippen molar-refractivity contribution in [3.63, 3.8) is 0 Å². The van der Waals surface area contributed by atoms with Crippen LogP contribution in [0.1, 0.15) is 26.2 Å². The summed E-state index contributed by atoms with van der Waals surface area (Å²) in [7, 11) is 3.44. The average molecular weight is 271 g/mol. The average Bonchev–Trinajstić information content (AvgIpc) is 2.38. The van der Waals surface area contributed by atoms with Crippen LogP contribution in [0.4, 0.5) is 0 Å². The maximum Gasteiger partial charge on any atom is 0.236 e. The quantitative estimate of drug-likeness (QED) is 0.626. The minimum atomic E-state index is -0.242. The molecule has 2 unspecified atom stereocenters. The molecule has 19 heavy (non-hydrogen) atoms. The molecule has 0 saturated carbocycles. The fourth-order valence-corrected chi connectivity index (χ4v) is 2.16. The smallest absolute Gasteiger partial charge is 0.236 e. The first-order chi connectivity index (χ1) is 9.04. The maximum absolute atomic E-state index is 11.8. The van der Waals surface area contributed by atoms with Crippen LogP contribution in [0.15, 0.2) is 0 Å². The summed E-state index contributed by atoms with van der Waals surface area (Å²) in [6, 6.07) is -0.0448. The molecular formula is C13H25N3O3. The van der Waals surface area contributed by atoms with E-state index in [4.69, 9.17) is 4.74 Å². The fraction of sp³-hybridized carbons (Fsp3) is 0.846. The van der Waals surface area contributed by atoms with Crippen LogP contribution in [0.5, 0.6) is 0 Å². The Morgan fingerprint density at radius 2 is 2.32 bits per heavy atom. The van der Waals surface area contributed by atoms with E-state index in [9.17, 15) is 9.59 Å². The number of methoxy groups -OCH3 is 1. The van der Waals surface area contributed by atoms with Crippen LogP contribution in [0.3, 0.4) is 0 Å². The van der Waals surface area contributed by atoms with E-state index in [1.54, 1.807) is 19.1 Å². The van der Waals surface area contributed by atoms with Crippen LogP contribution >= 0.6 is 0 Å². The van der Waals surface area contributed by atoms with Gasteiger partial charge in [0.05, 0.1) is 6.04 Å². The van der Waals surface area contributed by atoms with Crippen LogP contribution in [-0.4, -0.2) is 62.7 Å². The van der Waals surface area contributed by atoms with Crippen LogP contribution in [0.25, 0.3) is 0 Å². The Labute approximate surface area is 114 Å². The molecule has 1 rings (SSSR count). The van der Waals surface area contributed by atoms with Crippen molar-refractivity contribution in [2.45, 2.75) is 38.3 Å². The molecule has 6 nitrogen and oxygen atoms in total. The topological polar surface area (TPSA) is 70.7 Å². The molecule has 0 aromatic heterocycles. The van der Waals surface area contributed by atoms with Gasteiger partial charge >= 0.3 is 0 Å². The van der Waals surface area contributed by atoms with E-state index in [-0.39, 0.29) is 23.9 Å². The molecular weight excluding hydrogens is 246 g/mol. The van der Waals surface area contributed by atoms with Gasteiger partial charge in [0.1, 0.15) is 0 Å². The molecule has 0 aromatic carbocycles. The molecule has 1 heterocycles. The lowest BCUT2D eigenvalue weighted by atomic mass is 10.0. The highest BCUT2D eigenvalue weighted by Crippen LogP contribution is 2.10. The molecule has 1 aliphatic rings. The first kappa shape index (κ1) is 15.9. The fourth-order valence-electron chi connectivity index (χ4n) is 2.16. The van der Waals surface area contributed by atoms with Crippen molar-refractivity contribution in [3.8, 4) is 0 Å². The van der Waals surface area contributed by atoms with Crippen LogP contribution in [0, 0.1) is 0 Å². The van der Waals surface area contributed by atoms with Gasteiger partial charge < -0.3 is 20.3 Å². The van der Waals surface area contributed by atoms with E-state index in [1.807, 2.05) is 6.92 Å². The predicted octanol–water partition coefficient (Wildman–Crippen LogP) is -0.262. The number of hydrogen-bond donors (Lipinski definition) is 2. The molecule has 0 radical (unpaired) electrons. The Bertz CT molecular complexity index is 310. The number of likely N-dealkylation sites (tertiary alicyclic amines) is 1. The van der Waals surface area contributed by atoms with Crippen LogP contribution in [0.2, 0.25) is 0 Å². The summed E-state index contributed by atoms with van der Waals surface area (Å²) in [5, 5.41) is 6.14. The summed E-state index contributed by atoms with van der Waals surface area (Å²) in [4.78, 5) is 24.9.